The number of hydrogen-bond acceptors (Lipinski definition) is 3. The third-order valence-electron chi connectivity index (χ3n) is 1.93. The molecule has 0 unspecified atom stereocenters. The van der Waals surface area contributed by atoms with E-state index in [0.717, 1.165) is 26.1 Å². The van der Waals surface area contributed by atoms with Gasteiger partial charge in [0.2, 0.25) is 5.91 Å². The Labute approximate surface area is 78.3 Å². The number of amides is 1. The summed E-state index contributed by atoms with van der Waals surface area (Å²) in [7, 11) is 0. The summed E-state index contributed by atoms with van der Waals surface area (Å²) in [5, 5.41) is 2.95. The van der Waals surface area contributed by atoms with E-state index in [2.05, 4.69) is 17.9 Å². The Hall–Kier alpha value is -0.220. The average Bonchev–Trinajstić information content (AvgIpc) is 2.06. The fourth-order valence-electron chi connectivity index (χ4n) is 1.24. The van der Waals surface area contributed by atoms with E-state index >= 15 is 0 Å². The van der Waals surface area contributed by atoms with E-state index in [1.54, 1.807) is 0 Å². The van der Waals surface area contributed by atoms with Crippen LogP contribution in [0.5, 0.6) is 0 Å². The van der Waals surface area contributed by atoms with Gasteiger partial charge in [-0.05, 0) is 18.6 Å². The predicted octanol–water partition coefficient (Wildman–Crippen LogP) is 0.602. The van der Waals surface area contributed by atoms with Crippen molar-refractivity contribution in [1.29, 1.82) is 0 Å². The highest BCUT2D eigenvalue weighted by Crippen LogP contribution is 2.06. The summed E-state index contributed by atoms with van der Waals surface area (Å²) in [5.41, 5.74) is 0. The number of carbonyl (C=O) groups is 1. The van der Waals surface area contributed by atoms with Gasteiger partial charge in [0.1, 0.15) is 0 Å². The Kier molecular flexibility index (Phi) is 4.46. The molecule has 1 heterocycles. The maximum Gasteiger partial charge on any atom is 0.221 e. The normalized spacial score (nSPS) is 19.1. The van der Waals surface area contributed by atoms with Gasteiger partial charge in [-0.25, -0.2) is 0 Å². The first-order valence-corrected chi connectivity index (χ1v) is 4.94. The van der Waals surface area contributed by atoms with E-state index < -0.39 is 0 Å². The fraction of sp³-hybridized carbons (Fsp3) is 0.875. The molecule has 1 saturated heterocycles. The van der Waals surface area contributed by atoms with Gasteiger partial charge >= 0.3 is 0 Å². The van der Waals surface area contributed by atoms with Gasteiger partial charge in [-0.1, -0.05) is 0 Å². The zero-order chi connectivity index (χ0) is 8.81. The lowest BCUT2D eigenvalue weighted by Gasteiger charge is -2.22. The summed E-state index contributed by atoms with van der Waals surface area (Å²) in [6, 6.07) is 0.325. The third kappa shape index (κ3) is 3.45. The molecule has 0 saturated carbocycles. The zero-order valence-electron chi connectivity index (χ0n) is 7.08. The van der Waals surface area contributed by atoms with Gasteiger partial charge in [0.05, 0.1) is 0 Å². The Morgan fingerprint density at radius 3 is 2.75 bits per heavy atom. The number of nitrogens with one attached hydrogen (secondary N) is 1. The van der Waals surface area contributed by atoms with Crippen LogP contribution in [-0.4, -0.2) is 30.9 Å². The lowest BCUT2D eigenvalue weighted by molar-refractivity contribution is -0.121. The topological polar surface area (TPSA) is 38.3 Å². The molecule has 1 aliphatic rings. The molecular weight excluding hydrogens is 174 g/mol. The van der Waals surface area contributed by atoms with Crippen molar-refractivity contribution in [2.75, 3.05) is 19.0 Å². The average molecular weight is 189 g/mol. The van der Waals surface area contributed by atoms with Crippen LogP contribution in [0.4, 0.5) is 0 Å². The van der Waals surface area contributed by atoms with Gasteiger partial charge in [0.25, 0.3) is 0 Å². The molecule has 0 atom stereocenters. The molecule has 0 aromatic carbocycles. The van der Waals surface area contributed by atoms with Crippen LogP contribution in [0.1, 0.15) is 19.3 Å². The molecule has 0 aromatic rings. The van der Waals surface area contributed by atoms with Gasteiger partial charge in [0, 0.05) is 25.7 Å². The second-order valence-corrected chi connectivity index (χ2v) is 3.37. The molecule has 1 amide bonds. The smallest absolute Gasteiger partial charge is 0.221 e. The molecule has 0 spiro atoms. The highest BCUT2D eigenvalue weighted by molar-refractivity contribution is 7.80. The molecule has 4 heteroatoms. The van der Waals surface area contributed by atoms with Crippen LogP contribution in [0.2, 0.25) is 0 Å². The Bertz CT molecular complexity index is 146. The lowest BCUT2D eigenvalue weighted by atomic mass is 10.1. The Morgan fingerprint density at radius 1 is 1.50 bits per heavy atom. The number of carbonyl (C=O) groups excluding carboxylic acids is 1. The van der Waals surface area contributed by atoms with Gasteiger partial charge in [-0.2, -0.15) is 12.6 Å². The standard InChI is InChI=1S/C8H15NO2S/c10-8(3-6-12)9-7-1-4-11-5-2-7/h7,12H,1-6H2,(H,9,10). The fourth-order valence-corrected chi connectivity index (χ4v) is 1.45. The summed E-state index contributed by atoms with van der Waals surface area (Å²) >= 11 is 3.99. The van der Waals surface area contributed by atoms with E-state index in [-0.39, 0.29) is 5.91 Å². The van der Waals surface area contributed by atoms with Gasteiger partial charge in [-0.15, -0.1) is 0 Å². The van der Waals surface area contributed by atoms with Crippen LogP contribution < -0.4 is 5.32 Å². The molecule has 1 fully saturated rings. The van der Waals surface area contributed by atoms with Crippen LogP contribution in [0.3, 0.4) is 0 Å². The highest BCUT2D eigenvalue weighted by Gasteiger charge is 2.14. The monoisotopic (exact) mass is 189 g/mol. The van der Waals surface area contributed by atoms with Gasteiger partial charge in [-0.3, -0.25) is 4.79 Å². The van der Waals surface area contributed by atoms with Crippen LogP contribution in [0.15, 0.2) is 0 Å². The van der Waals surface area contributed by atoms with Crippen LogP contribution in [-0.2, 0) is 9.53 Å². The number of ether oxygens (including phenoxy) is 1. The minimum absolute atomic E-state index is 0.108. The number of thiol groups is 1. The first-order valence-electron chi connectivity index (χ1n) is 4.31. The van der Waals surface area contributed by atoms with E-state index in [4.69, 9.17) is 4.74 Å². The number of hydrogen-bond donors (Lipinski definition) is 2. The molecule has 12 heavy (non-hydrogen) atoms. The van der Waals surface area contributed by atoms with Crippen LogP contribution in [0.25, 0.3) is 0 Å². The molecule has 0 radical (unpaired) electrons. The van der Waals surface area contributed by atoms with E-state index in [1.165, 1.54) is 0 Å². The van der Waals surface area contributed by atoms with E-state index in [9.17, 15) is 4.79 Å². The third-order valence-corrected chi connectivity index (χ3v) is 2.15. The number of rotatable bonds is 3. The zero-order valence-corrected chi connectivity index (χ0v) is 7.98. The van der Waals surface area contributed by atoms with Crippen molar-refractivity contribution < 1.29 is 9.53 Å². The largest absolute Gasteiger partial charge is 0.381 e. The summed E-state index contributed by atoms with van der Waals surface area (Å²) < 4.78 is 5.17. The van der Waals surface area contributed by atoms with Gasteiger partial charge in [0.15, 0.2) is 0 Å². The Balaban J connectivity index is 2.15. The minimum Gasteiger partial charge on any atom is -0.381 e. The van der Waals surface area contributed by atoms with Crippen molar-refractivity contribution >= 4 is 18.5 Å². The van der Waals surface area contributed by atoms with Crippen molar-refractivity contribution in [2.45, 2.75) is 25.3 Å². The first-order chi connectivity index (χ1) is 5.83. The molecule has 0 aliphatic carbocycles. The van der Waals surface area contributed by atoms with Gasteiger partial charge < -0.3 is 10.1 Å². The van der Waals surface area contributed by atoms with E-state index in [1.807, 2.05) is 0 Å². The van der Waals surface area contributed by atoms with Crippen LogP contribution >= 0.6 is 12.6 Å². The van der Waals surface area contributed by atoms with Crippen molar-refractivity contribution in [2.24, 2.45) is 0 Å². The molecule has 1 aliphatic heterocycles. The summed E-state index contributed by atoms with van der Waals surface area (Å²) in [4.78, 5) is 11.1. The maximum atomic E-state index is 11.1. The van der Waals surface area contributed by atoms with Crippen molar-refractivity contribution in [3.63, 3.8) is 0 Å². The summed E-state index contributed by atoms with van der Waals surface area (Å²) in [5.74, 6) is 0.728. The first kappa shape index (κ1) is 9.86. The van der Waals surface area contributed by atoms with Crippen LogP contribution in [0, 0.1) is 0 Å². The maximum absolute atomic E-state index is 11.1. The van der Waals surface area contributed by atoms with Crippen molar-refractivity contribution in [3.8, 4) is 0 Å². The second-order valence-electron chi connectivity index (χ2n) is 2.93. The highest BCUT2D eigenvalue weighted by atomic mass is 32.1. The molecule has 0 bridgehead atoms. The van der Waals surface area contributed by atoms with Crippen molar-refractivity contribution in [1.82, 2.24) is 5.32 Å². The summed E-state index contributed by atoms with van der Waals surface area (Å²) in [6.45, 7) is 1.54. The molecule has 1 rings (SSSR count). The lowest BCUT2D eigenvalue weighted by Crippen LogP contribution is -2.38. The molecule has 3 nitrogen and oxygen atoms in total. The molecule has 70 valence electrons. The summed E-state index contributed by atoms with van der Waals surface area (Å²) in [6.07, 6.45) is 2.40. The van der Waals surface area contributed by atoms with Crippen molar-refractivity contribution in [3.05, 3.63) is 0 Å². The Morgan fingerprint density at radius 2 is 2.17 bits per heavy atom. The van der Waals surface area contributed by atoms with E-state index in [0.29, 0.717) is 18.2 Å². The second kappa shape index (κ2) is 5.43. The quantitative estimate of drug-likeness (QED) is 0.638. The SMILES string of the molecule is O=C(CCS)NC1CCOCC1. The molecule has 1 N–H and O–H groups in total. The molecule has 0 aromatic heterocycles. The molecular formula is C8H15NO2S. The predicted molar refractivity (Wildman–Crippen MR) is 50.5 cm³/mol. The minimum atomic E-state index is 0.108.